The molecule has 5 nitrogen and oxygen atoms in total. The molecule has 2 heterocycles. The van der Waals surface area contributed by atoms with Crippen molar-refractivity contribution in [2.75, 3.05) is 39.4 Å². The average molecular weight is 339 g/mol. The molecule has 0 bridgehead atoms. The Labute approximate surface area is 142 Å². The van der Waals surface area contributed by atoms with Gasteiger partial charge in [0.1, 0.15) is 6.10 Å². The van der Waals surface area contributed by atoms with Crippen LogP contribution in [-0.2, 0) is 15.9 Å². The van der Waals surface area contributed by atoms with Gasteiger partial charge in [-0.15, -0.1) is 0 Å². The van der Waals surface area contributed by atoms with Crippen molar-refractivity contribution in [1.29, 1.82) is 0 Å². The Hall–Kier alpha value is -1.30. The van der Waals surface area contributed by atoms with Gasteiger partial charge < -0.3 is 9.47 Å². The number of rotatable bonds is 7. The summed E-state index contributed by atoms with van der Waals surface area (Å²) in [4.78, 5) is 16.3. The maximum atomic E-state index is 12.1. The van der Waals surface area contributed by atoms with Gasteiger partial charge in [-0.2, -0.15) is 0 Å². The van der Waals surface area contributed by atoms with E-state index in [0.717, 1.165) is 49.9 Å². The van der Waals surface area contributed by atoms with Crippen LogP contribution in [0.1, 0.15) is 12.5 Å². The molecule has 126 valence electrons. The van der Waals surface area contributed by atoms with Crippen molar-refractivity contribution >= 4 is 17.7 Å². The molecule has 2 fully saturated rings. The lowest BCUT2D eigenvalue weighted by molar-refractivity contribution is 0.0988. The largest absolute Gasteiger partial charge is 0.442 e. The van der Waals surface area contributed by atoms with Crippen molar-refractivity contribution in [3.8, 4) is 0 Å². The summed E-state index contributed by atoms with van der Waals surface area (Å²) < 4.78 is 10.9. The molecule has 1 aromatic rings. The lowest BCUT2D eigenvalue weighted by Crippen LogP contribution is -2.39. The number of amides is 1. The minimum atomic E-state index is -0.188. The third-order valence-corrected chi connectivity index (χ3v) is 4.72. The van der Waals surface area contributed by atoms with E-state index in [1.54, 1.807) is 0 Å². The molecule has 0 N–H and O–H groups in total. The van der Waals surface area contributed by atoms with Gasteiger partial charge in [0.15, 0.2) is 0 Å². The van der Waals surface area contributed by atoms with E-state index in [1.165, 1.54) is 0 Å². The van der Waals surface area contributed by atoms with E-state index in [2.05, 4.69) is 4.90 Å². The first-order chi connectivity index (χ1) is 11.2. The van der Waals surface area contributed by atoms with Crippen molar-refractivity contribution in [1.82, 2.24) is 9.80 Å². The highest BCUT2D eigenvalue weighted by atomic mass is 35.5. The number of hydrogen-bond donors (Lipinski definition) is 0. The molecule has 1 aromatic carbocycles. The molecule has 3 rings (SSSR count). The molecule has 0 spiro atoms. The van der Waals surface area contributed by atoms with Gasteiger partial charge in [0.25, 0.3) is 0 Å². The number of fused-ring (bicyclic) bond motifs is 1. The van der Waals surface area contributed by atoms with Crippen LogP contribution < -0.4 is 0 Å². The minimum Gasteiger partial charge on any atom is -0.442 e. The van der Waals surface area contributed by atoms with Crippen LogP contribution in [0, 0.1) is 0 Å². The average Bonchev–Trinajstić information content (AvgIpc) is 3.02. The highest BCUT2D eigenvalue weighted by Crippen LogP contribution is 2.27. The number of nitrogens with zero attached hydrogens (tertiary/aromatic N) is 2. The minimum absolute atomic E-state index is 0.0107. The summed E-state index contributed by atoms with van der Waals surface area (Å²) in [6.07, 6.45) is 0.590. The Morgan fingerprint density at radius 3 is 3.00 bits per heavy atom. The van der Waals surface area contributed by atoms with Crippen LogP contribution in [0.4, 0.5) is 4.79 Å². The summed E-state index contributed by atoms with van der Waals surface area (Å²) in [5, 5.41) is 0.729. The quantitative estimate of drug-likeness (QED) is 0.716. The molecule has 0 aliphatic carbocycles. The number of carbonyl (C=O) groups is 1. The van der Waals surface area contributed by atoms with Crippen LogP contribution >= 0.6 is 11.6 Å². The number of halogens is 1. The molecule has 6 heteroatoms. The van der Waals surface area contributed by atoms with Crippen LogP contribution in [0.15, 0.2) is 24.3 Å². The molecule has 2 aliphatic rings. The summed E-state index contributed by atoms with van der Waals surface area (Å²) in [5.74, 6) is 0. The fourth-order valence-electron chi connectivity index (χ4n) is 3.30. The normalized spacial score (nSPS) is 24.1. The van der Waals surface area contributed by atoms with Crippen molar-refractivity contribution in [3.05, 3.63) is 34.9 Å². The van der Waals surface area contributed by atoms with E-state index in [0.29, 0.717) is 6.54 Å². The fourth-order valence-corrected chi connectivity index (χ4v) is 3.51. The maximum absolute atomic E-state index is 12.1. The van der Waals surface area contributed by atoms with Gasteiger partial charge in [-0.05, 0) is 31.0 Å². The predicted octanol–water partition coefficient (Wildman–Crippen LogP) is 2.42. The van der Waals surface area contributed by atoms with Crippen LogP contribution in [0.25, 0.3) is 0 Å². The van der Waals surface area contributed by atoms with E-state index < -0.39 is 0 Å². The maximum Gasteiger partial charge on any atom is 0.410 e. The Balaban J connectivity index is 1.54. The monoisotopic (exact) mass is 338 g/mol. The van der Waals surface area contributed by atoms with Crippen molar-refractivity contribution in [2.24, 2.45) is 0 Å². The number of benzene rings is 1. The second-order valence-corrected chi connectivity index (χ2v) is 6.46. The van der Waals surface area contributed by atoms with Gasteiger partial charge in [0.2, 0.25) is 0 Å². The third kappa shape index (κ3) is 3.97. The second kappa shape index (κ2) is 7.51. The van der Waals surface area contributed by atoms with Crippen LogP contribution in [0.5, 0.6) is 0 Å². The Morgan fingerprint density at radius 1 is 1.35 bits per heavy atom. The molecule has 2 saturated heterocycles. The van der Waals surface area contributed by atoms with Gasteiger partial charge >= 0.3 is 6.09 Å². The summed E-state index contributed by atoms with van der Waals surface area (Å²) in [5.41, 5.74) is 1.14. The lowest BCUT2D eigenvalue weighted by Gasteiger charge is -2.22. The molecule has 0 unspecified atom stereocenters. The molecule has 23 heavy (non-hydrogen) atoms. The summed E-state index contributed by atoms with van der Waals surface area (Å²) in [6.45, 7) is 6.68. The highest BCUT2D eigenvalue weighted by Gasteiger charge is 2.47. The zero-order valence-corrected chi connectivity index (χ0v) is 14.2. The molecule has 2 atom stereocenters. The van der Waals surface area contributed by atoms with Gasteiger partial charge in [-0.3, -0.25) is 9.80 Å². The summed E-state index contributed by atoms with van der Waals surface area (Å²) >= 11 is 6.01. The Kier molecular flexibility index (Phi) is 5.41. The zero-order valence-electron chi connectivity index (χ0n) is 13.4. The fraction of sp³-hybridized carbons (Fsp3) is 0.588. The molecule has 0 radical (unpaired) electrons. The standard InChI is InChI=1S/C17H23ClN2O3/c1-2-22-9-8-19-11-15-16(12-19)23-17(21)20(15)7-6-13-4-3-5-14(18)10-13/h3-5,10,15-16H,2,6-9,11-12H2,1H3/t15-,16+/m0/s1. The first kappa shape index (κ1) is 16.6. The van der Waals surface area contributed by atoms with E-state index in [4.69, 9.17) is 21.1 Å². The smallest absolute Gasteiger partial charge is 0.410 e. The first-order valence-electron chi connectivity index (χ1n) is 8.19. The number of ether oxygens (including phenoxy) is 2. The molecule has 1 amide bonds. The zero-order chi connectivity index (χ0) is 16.2. The SMILES string of the molecule is CCOCCN1C[C@H]2OC(=O)N(CCc3cccc(Cl)c3)[C@H]2C1. The van der Waals surface area contributed by atoms with E-state index in [1.807, 2.05) is 36.1 Å². The van der Waals surface area contributed by atoms with E-state index in [-0.39, 0.29) is 18.2 Å². The highest BCUT2D eigenvalue weighted by molar-refractivity contribution is 6.30. The van der Waals surface area contributed by atoms with E-state index >= 15 is 0 Å². The molecular weight excluding hydrogens is 316 g/mol. The van der Waals surface area contributed by atoms with Crippen molar-refractivity contribution in [3.63, 3.8) is 0 Å². The molecule has 0 aromatic heterocycles. The van der Waals surface area contributed by atoms with E-state index in [9.17, 15) is 4.79 Å². The van der Waals surface area contributed by atoms with Crippen molar-refractivity contribution in [2.45, 2.75) is 25.5 Å². The topological polar surface area (TPSA) is 42.0 Å². The Bertz CT molecular complexity index is 554. The second-order valence-electron chi connectivity index (χ2n) is 6.02. The van der Waals surface area contributed by atoms with Gasteiger partial charge in [-0.25, -0.2) is 4.79 Å². The predicted molar refractivity (Wildman–Crippen MR) is 88.9 cm³/mol. The molecular formula is C17H23ClN2O3. The first-order valence-corrected chi connectivity index (χ1v) is 8.57. The van der Waals surface area contributed by atoms with Gasteiger partial charge in [-0.1, -0.05) is 23.7 Å². The third-order valence-electron chi connectivity index (χ3n) is 4.49. The number of hydrogen-bond acceptors (Lipinski definition) is 4. The van der Waals surface area contributed by atoms with Crippen molar-refractivity contribution < 1.29 is 14.3 Å². The summed E-state index contributed by atoms with van der Waals surface area (Å²) in [6, 6.07) is 7.94. The lowest BCUT2D eigenvalue weighted by atomic mass is 10.1. The molecule has 0 saturated carbocycles. The summed E-state index contributed by atoms with van der Waals surface area (Å²) in [7, 11) is 0. The Morgan fingerprint density at radius 2 is 2.22 bits per heavy atom. The number of likely N-dealkylation sites (tertiary alicyclic amines) is 1. The number of carbonyl (C=O) groups excluding carboxylic acids is 1. The van der Waals surface area contributed by atoms with Crippen LogP contribution in [0.3, 0.4) is 0 Å². The van der Waals surface area contributed by atoms with Gasteiger partial charge in [0.05, 0.1) is 12.6 Å². The molecule has 2 aliphatic heterocycles. The van der Waals surface area contributed by atoms with Crippen LogP contribution in [-0.4, -0.2) is 67.4 Å². The van der Waals surface area contributed by atoms with Crippen LogP contribution in [0.2, 0.25) is 5.02 Å². The van der Waals surface area contributed by atoms with Gasteiger partial charge in [0, 0.05) is 37.8 Å².